The molecule has 0 spiro atoms. The number of carbonyl (C=O) groups excluding carboxylic acids is 1. The molecule has 1 nitrogen and oxygen atoms in total. The van der Waals surface area contributed by atoms with E-state index in [0.29, 0.717) is 6.42 Å². The normalized spacial score (nSPS) is 10.4. The van der Waals surface area contributed by atoms with E-state index in [-0.39, 0.29) is 5.78 Å². The second kappa shape index (κ2) is 5.10. The third-order valence-electron chi connectivity index (χ3n) is 2.33. The summed E-state index contributed by atoms with van der Waals surface area (Å²) in [4.78, 5) is 13.5. The molecule has 0 N–H and O–H groups in total. The van der Waals surface area contributed by atoms with E-state index >= 15 is 0 Å². The van der Waals surface area contributed by atoms with Crippen LogP contribution in [0, 0.1) is 3.57 Å². The van der Waals surface area contributed by atoms with E-state index in [4.69, 9.17) is 0 Å². The lowest BCUT2D eigenvalue weighted by Crippen LogP contribution is -1.90. The molecule has 1 aromatic heterocycles. The van der Waals surface area contributed by atoms with Gasteiger partial charge in [0.25, 0.3) is 0 Å². The molecule has 82 valence electrons. The van der Waals surface area contributed by atoms with Crippen LogP contribution < -0.4 is 0 Å². The van der Waals surface area contributed by atoms with Crippen molar-refractivity contribution in [1.29, 1.82) is 0 Å². The fraction of sp³-hybridized carbons (Fsp3) is 0.154. The van der Waals surface area contributed by atoms with Crippen molar-refractivity contribution in [3.63, 3.8) is 0 Å². The molecule has 0 aliphatic heterocycles. The summed E-state index contributed by atoms with van der Waals surface area (Å²) in [5.74, 6) is 0.224. The number of Topliss-reactive ketones (excluding diaryl/α,β-unsaturated/α-hetero) is 1. The smallest absolute Gasteiger partial charge is 0.172 e. The van der Waals surface area contributed by atoms with E-state index in [0.717, 1.165) is 9.75 Å². The first-order chi connectivity index (χ1) is 7.70. The van der Waals surface area contributed by atoms with E-state index < -0.39 is 0 Å². The van der Waals surface area contributed by atoms with Crippen LogP contribution in [-0.2, 0) is 0 Å². The number of ketones is 1. The van der Waals surface area contributed by atoms with Gasteiger partial charge >= 0.3 is 0 Å². The van der Waals surface area contributed by atoms with E-state index in [1.54, 1.807) is 11.3 Å². The van der Waals surface area contributed by atoms with Gasteiger partial charge in [0, 0.05) is 14.9 Å². The van der Waals surface area contributed by atoms with Crippen LogP contribution in [-0.4, -0.2) is 5.78 Å². The minimum atomic E-state index is 0.224. The topological polar surface area (TPSA) is 17.1 Å². The average molecular weight is 342 g/mol. The van der Waals surface area contributed by atoms with E-state index in [9.17, 15) is 4.79 Å². The second-order valence-electron chi connectivity index (χ2n) is 3.45. The molecule has 0 radical (unpaired) electrons. The van der Waals surface area contributed by atoms with Crippen molar-refractivity contribution < 1.29 is 4.79 Å². The molecule has 16 heavy (non-hydrogen) atoms. The zero-order chi connectivity index (χ0) is 11.5. The quantitative estimate of drug-likeness (QED) is 0.588. The first-order valence-electron chi connectivity index (χ1n) is 5.09. The molecule has 0 bridgehead atoms. The monoisotopic (exact) mass is 342 g/mol. The minimum absolute atomic E-state index is 0.224. The fourth-order valence-corrected chi connectivity index (χ4v) is 2.81. The zero-order valence-corrected chi connectivity index (χ0v) is 11.8. The SMILES string of the molecule is CCC(=O)c1ccc(-c2ccc(I)cc2)s1. The highest BCUT2D eigenvalue weighted by Crippen LogP contribution is 2.29. The summed E-state index contributed by atoms with van der Waals surface area (Å²) in [5, 5.41) is 0. The van der Waals surface area contributed by atoms with Crippen LogP contribution in [0.4, 0.5) is 0 Å². The Balaban J connectivity index is 2.31. The molecule has 1 aromatic carbocycles. The van der Waals surface area contributed by atoms with E-state index in [2.05, 4.69) is 46.9 Å². The number of benzene rings is 1. The van der Waals surface area contributed by atoms with Crippen molar-refractivity contribution in [1.82, 2.24) is 0 Å². The van der Waals surface area contributed by atoms with Crippen molar-refractivity contribution in [2.24, 2.45) is 0 Å². The van der Waals surface area contributed by atoms with Gasteiger partial charge in [0.15, 0.2) is 5.78 Å². The molecule has 3 heteroatoms. The number of halogens is 1. The van der Waals surface area contributed by atoms with Crippen LogP contribution in [0.3, 0.4) is 0 Å². The molecule has 2 rings (SSSR count). The lowest BCUT2D eigenvalue weighted by atomic mass is 10.2. The molecule has 0 aliphatic rings. The average Bonchev–Trinajstić information content (AvgIpc) is 2.78. The Morgan fingerprint density at radius 2 is 1.88 bits per heavy atom. The first-order valence-corrected chi connectivity index (χ1v) is 6.99. The number of hydrogen-bond acceptors (Lipinski definition) is 2. The summed E-state index contributed by atoms with van der Waals surface area (Å²) < 4.78 is 1.22. The Hall–Kier alpha value is -0.680. The Labute approximate surface area is 113 Å². The van der Waals surface area contributed by atoms with Gasteiger partial charge in [-0.2, -0.15) is 0 Å². The molecule has 2 aromatic rings. The van der Waals surface area contributed by atoms with Crippen LogP contribution in [0.5, 0.6) is 0 Å². The largest absolute Gasteiger partial charge is 0.293 e. The maximum Gasteiger partial charge on any atom is 0.172 e. The van der Waals surface area contributed by atoms with Gasteiger partial charge in [0.1, 0.15) is 0 Å². The lowest BCUT2D eigenvalue weighted by molar-refractivity contribution is 0.0992. The van der Waals surface area contributed by atoms with Crippen LogP contribution in [0.25, 0.3) is 10.4 Å². The minimum Gasteiger partial charge on any atom is -0.293 e. The molecule has 0 amide bonds. The van der Waals surface area contributed by atoms with Crippen molar-refractivity contribution in [2.75, 3.05) is 0 Å². The van der Waals surface area contributed by atoms with Gasteiger partial charge < -0.3 is 0 Å². The molecule has 0 fully saturated rings. The number of thiophene rings is 1. The van der Waals surface area contributed by atoms with Gasteiger partial charge in [-0.1, -0.05) is 19.1 Å². The zero-order valence-electron chi connectivity index (χ0n) is 8.87. The molecular weight excluding hydrogens is 331 g/mol. The van der Waals surface area contributed by atoms with Crippen LogP contribution in [0.2, 0.25) is 0 Å². The fourth-order valence-electron chi connectivity index (χ4n) is 1.43. The Morgan fingerprint density at radius 1 is 1.19 bits per heavy atom. The molecule has 0 atom stereocenters. The molecule has 0 saturated heterocycles. The molecule has 1 heterocycles. The highest BCUT2D eigenvalue weighted by molar-refractivity contribution is 14.1. The van der Waals surface area contributed by atoms with Crippen LogP contribution >= 0.6 is 33.9 Å². The van der Waals surface area contributed by atoms with Gasteiger partial charge in [-0.3, -0.25) is 4.79 Å². The molecule has 0 aliphatic carbocycles. The van der Waals surface area contributed by atoms with Crippen molar-refractivity contribution >= 4 is 39.7 Å². The first kappa shape index (κ1) is 11.8. The molecule has 0 saturated carbocycles. The summed E-state index contributed by atoms with van der Waals surface area (Å²) in [7, 11) is 0. The number of carbonyl (C=O) groups is 1. The predicted molar refractivity (Wildman–Crippen MR) is 77.1 cm³/mol. The summed E-state index contributed by atoms with van der Waals surface area (Å²) in [6.45, 7) is 1.90. The Bertz CT molecular complexity index is 499. The van der Waals surface area contributed by atoms with Crippen LogP contribution in [0.1, 0.15) is 23.0 Å². The molecule has 0 unspecified atom stereocenters. The number of rotatable bonds is 3. The maximum atomic E-state index is 11.5. The third kappa shape index (κ3) is 2.52. The van der Waals surface area contributed by atoms with Gasteiger partial charge in [-0.05, 0) is 52.4 Å². The summed E-state index contributed by atoms with van der Waals surface area (Å²) >= 11 is 3.86. The van der Waals surface area contributed by atoms with Gasteiger partial charge in [-0.15, -0.1) is 11.3 Å². The standard InChI is InChI=1S/C13H11IOS/c1-2-11(15)13-8-7-12(16-13)9-3-5-10(14)6-4-9/h3-8H,2H2,1H3. The highest BCUT2D eigenvalue weighted by Gasteiger charge is 2.07. The predicted octanol–water partition coefficient (Wildman–Crippen LogP) is 4.61. The lowest BCUT2D eigenvalue weighted by Gasteiger charge is -1.96. The summed E-state index contributed by atoms with van der Waals surface area (Å²) in [6.07, 6.45) is 0.576. The van der Waals surface area contributed by atoms with Gasteiger partial charge in [0.05, 0.1) is 4.88 Å². The van der Waals surface area contributed by atoms with E-state index in [1.165, 1.54) is 9.13 Å². The summed E-state index contributed by atoms with van der Waals surface area (Å²) in [6, 6.07) is 12.3. The third-order valence-corrected chi connectivity index (χ3v) is 4.23. The highest BCUT2D eigenvalue weighted by atomic mass is 127. The Morgan fingerprint density at radius 3 is 2.50 bits per heavy atom. The van der Waals surface area contributed by atoms with Crippen molar-refractivity contribution in [3.05, 3.63) is 44.8 Å². The van der Waals surface area contributed by atoms with E-state index in [1.807, 2.05) is 19.1 Å². The Kier molecular flexibility index (Phi) is 3.76. The summed E-state index contributed by atoms with van der Waals surface area (Å²) in [5.41, 5.74) is 1.18. The van der Waals surface area contributed by atoms with Gasteiger partial charge in [0.2, 0.25) is 0 Å². The van der Waals surface area contributed by atoms with Crippen LogP contribution in [0.15, 0.2) is 36.4 Å². The maximum absolute atomic E-state index is 11.5. The van der Waals surface area contributed by atoms with Crippen molar-refractivity contribution in [3.8, 4) is 10.4 Å². The van der Waals surface area contributed by atoms with Gasteiger partial charge in [-0.25, -0.2) is 0 Å². The number of hydrogen-bond donors (Lipinski definition) is 0. The molecular formula is C13H11IOS. The second-order valence-corrected chi connectivity index (χ2v) is 5.78. The van der Waals surface area contributed by atoms with Crippen molar-refractivity contribution in [2.45, 2.75) is 13.3 Å².